The van der Waals surface area contributed by atoms with Crippen LogP contribution >= 0.6 is 12.2 Å². The molecule has 0 saturated carbocycles. The van der Waals surface area contributed by atoms with Gasteiger partial charge in [0.05, 0.1) is 11.5 Å². The zero-order valence-corrected chi connectivity index (χ0v) is 16.4. The summed E-state index contributed by atoms with van der Waals surface area (Å²) in [7, 11) is -3.76. The van der Waals surface area contributed by atoms with Gasteiger partial charge in [-0.3, -0.25) is 10.1 Å². The van der Waals surface area contributed by atoms with Crippen LogP contribution in [0.5, 0.6) is 5.75 Å². The van der Waals surface area contributed by atoms with Crippen LogP contribution in [-0.4, -0.2) is 26.0 Å². The molecule has 2 aromatic carbocycles. The van der Waals surface area contributed by atoms with Gasteiger partial charge in [0, 0.05) is 11.3 Å². The lowest BCUT2D eigenvalue weighted by Gasteiger charge is -2.11. The smallest absolute Gasteiger partial charge is 0.257 e. The minimum atomic E-state index is -3.76. The molecule has 0 aliphatic carbocycles. The molecule has 27 heavy (non-hydrogen) atoms. The van der Waals surface area contributed by atoms with E-state index >= 15 is 0 Å². The van der Waals surface area contributed by atoms with Gasteiger partial charge in [-0.25, -0.2) is 13.6 Å². The second-order valence-electron chi connectivity index (χ2n) is 5.71. The first kappa shape index (κ1) is 20.8. The molecule has 9 heteroatoms. The van der Waals surface area contributed by atoms with E-state index in [2.05, 4.69) is 17.6 Å². The average Bonchev–Trinajstić information content (AvgIpc) is 2.62. The SMILES string of the molecule is CCCCOc1cccc(C(=O)NC(=S)Nc2ccc(S(N)(=O)=O)cc2)c1. The van der Waals surface area contributed by atoms with E-state index in [1.54, 1.807) is 24.3 Å². The van der Waals surface area contributed by atoms with Crippen molar-refractivity contribution in [3.63, 3.8) is 0 Å². The summed E-state index contributed by atoms with van der Waals surface area (Å²) < 4.78 is 28.1. The molecular formula is C18H21N3O4S2. The van der Waals surface area contributed by atoms with Gasteiger partial charge in [-0.1, -0.05) is 19.4 Å². The van der Waals surface area contributed by atoms with Gasteiger partial charge in [0.1, 0.15) is 5.75 Å². The lowest BCUT2D eigenvalue weighted by atomic mass is 10.2. The van der Waals surface area contributed by atoms with Crippen LogP contribution in [0.3, 0.4) is 0 Å². The van der Waals surface area contributed by atoms with Crippen LogP contribution in [0, 0.1) is 0 Å². The molecular weight excluding hydrogens is 386 g/mol. The van der Waals surface area contributed by atoms with E-state index in [-0.39, 0.29) is 15.9 Å². The van der Waals surface area contributed by atoms with E-state index in [0.717, 1.165) is 12.8 Å². The quantitative estimate of drug-likeness (QED) is 0.481. The second-order valence-corrected chi connectivity index (χ2v) is 7.68. The van der Waals surface area contributed by atoms with Crippen molar-refractivity contribution in [3.05, 3.63) is 54.1 Å². The zero-order valence-electron chi connectivity index (χ0n) is 14.8. The molecule has 7 nitrogen and oxygen atoms in total. The first-order valence-corrected chi connectivity index (χ1v) is 10.2. The van der Waals surface area contributed by atoms with Crippen LogP contribution in [-0.2, 0) is 10.0 Å². The standard InChI is InChI=1S/C18H21N3O4S2/c1-2-3-11-25-15-6-4-5-13(12-15)17(22)21-18(26)20-14-7-9-16(10-8-14)27(19,23)24/h4-10,12H,2-3,11H2,1H3,(H2,19,23,24)(H2,20,21,22,26). The fourth-order valence-electron chi connectivity index (χ4n) is 2.13. The summed E-state index contributed by atoms with van der Waals surface area (Å²) in [4.78, 5) is 12.3. The Morgan fingerprint density at radius 2 is 1.89 bits per heavy atom. The molecule has 0 atom stereocenters. The van der Waals surface area contributed by atoms with Crippen molar-refractivity contribution >= 4 is 38.9 Å². The largest absolute Gasteiger partial charge is 0.494 e. The third-order valence-electron chi connectivity index (χ3n) is 3.53. The Kier molecular flexibility index (Phi) is 7.28. The van der Waals surface area contributed by atoms with Crippen molar-refractivity contribution in [1.82, 2.24) is 5.32 Å². The molecule has 0 unspecified atom stereocenters. The summed E-state index contributed by atoms with van der Waals surface area (Å²) in [6.45, 7) is 2.67. The fourth-order valence-corrected chi connectivity index (χ4v) is 2.85. The van der Waals surface area contributed by atoms with Gasteiger partial charge < -0.3 is 10.1 Å². The number of ether oxygens (including phenoxy) is 1. The molecule has 144 valence electrons. The minimum absolute atomic E-state index is 0.0112. The Morgan fingerprint density at radius 1 is 1.19 bits per heavy atom. The van der Waals surface area contributed by atoms with E-state index in [9.17, 15) is 13.2 Å². The van der Waals surface area contributed by atoms with Crippen LogP contribution in [0.4, 0.5) is 5.69 Å². The Balaban J connectivity index is 1.95. The van der Waals surface area contributed by atoms with E-state index in [4.69, 9.17) is 22.1 Å². The molecule has 0 aliphatic heterocycles. The molecule has 0 bridgehead atoms. The van der Waals surface area contributed by atoms with Crippen molar-refractivity contribution in [2.45, 2.75) is 24.7 Å². The number of nitrogens with one attached hydrogen (secondary N) is 2. The van der Waals surface area contributed by atoms with Crippen molar-refractivity contribution in [2.75, 3.05) is 11.9 Å². The summed E-state index contributed by atoms with van der Waals surface area (Å²) in [5.41, 5.74) is 0.932. The number of thiocarbonyl (C=S) groups is 1. The first-order chi connectivity index (χ1) is 12.8. The number of rotatable bonds is 7. The van der Waals surface area contributed by atoms with Crippen LogP contribution < -0.4 is 20.5 Å². The Morgan fingerprint density at radius 3 is 2.52 bits per heavy atom. The Hall–Kier alpha value is -2.49. The highest BCUT2D eigenvalue weighted by atomic mass is 32.2. The predicted octanol–water partition coefficient (Wildman–Crippen LogP) is 2.64. The van der Waals surface area contributed by atoms with Gasteiger partial charge in [-0.05, 0) is 61.1 Å². The summed E-state index contributed by atoms with van der Waals surface area (Å²) in [6.07, 6.45) is 1.97. The lowest BCUT2D eigenvalue weighted by Crippen LogP contribution is -2.34. The Labute approximate surface area is 164 Å². The maximum absolute atomic E-state index is 12.3. The molecule has 0 fully saturated rings. The van der Waals surface area contributed by atoms with Crippen molar-refractivity contribution in [1.29, 1.82) is 0 Å². The van der Waals surface area contributed by atoms with Crippen LogP contribution in [0.2, 0.25) is 0 Å². The molecule has 4 N–H and O–H groups in total. The van der Waals surface area contributed by atoms with Crippen LogP contribution in [0.15, 0.2) is 53.4 Å². The number of unbranched alkanes of at least 4 members (excludes halogenated alkanes) is 1. The van der Waals surface area contributed by atoms with Gasteiger partial charge in [0.2, 0.25) is 10.0 Å². The van der Waals surface area contributed by atoms with Gasteiger partial charge in [-0.15, -0.1) is 0 Å². The number of anilines is 1. The number of carbonyl (C=O) groups is 1. The number of carbonyl (C=O) groups excluding carboxylic acids is 1. The van der Waals surface area contributed by atoms with Crippen LogP contribution in [0.1, 0.15) is 30.1 Å². The monoisotopic (exact) mass is 407 g/mol. The maximum atomic E-state index is 12.3. The molecule has 1 amide bonds. The summed E-state index contributed by atoms with van der Waals surface area (Å²) in [6, 6.07) is 12.5. The highest BCUT2D eigenvalue weighted by molar-refractivity contribution is 7.89. The average molecular weight is 408 g/mol. The number of nitrogens with two attached hydrogens (primary N) is 1. The number of hydrogen-bond acceptors (Lipinski definition) is 5. The van der Waals surface area contributed by atoms with Crippen LogP contribution in [0.25, 0.3) is 0 Å². The van der Waals surface area contributed by atoms with Gasteiger partial charge in [0.15, 0.2) is 5.11 Å². The number of hydrogen-bond donors (Lipinski definition) is 3. The third kappa shape index (κ3) is 6.63. The molecule has 2 aromatic rings. The predicted molar refractivity (Wildman–Crippen MR) is 108 cm³/mol. The topological polar surface area (TPSA) is 111 Å². The highest BCUT2D eigenvalue weighted by Gasteiger charge is 2.10. The molecule has 0 aromatic heterocycles. The van der Waals surface area contributed by atoms with E-state index in [1.807, 2.05) is 0 Å². The number of primary sulfonamides is 1. The highest BCUT2D eigenvalue weighted by Crippen LogP contribution is 2.15. The summed E-state index contributed by atoms with van der Waals surface area (Å²) >= 11 is 5.12. The number of benzene rings is 2. The number of sulfonamides is 1. The molecule has 0 spiro atoms. The van der Waals surface area contributed by atoms with Crippen molar-refractivity contribution in [3.8, 4) is 5.75 Å². The van der Waals surface area contributed by atoms with Crippen molar-refractivity contribution in [2.24, 2.45) is 5.14 Å². The molecule has 0 radical (unpaired) electrons. The fraction of sp³-hybridized carbons (Fsp3) is 0.222. The van der Waals surface area contributed by atoms with E-state index < -0.39 is 10.0 Å². The second kappa shape index (κ2) is 9.45. The minimum Gasteiger partial charge on any atom is -0.494 e. The lowest BCUT2D eigenvalue weighted by molar-refractivity contribution is 0.0977. The summed E-state index contributed by atoms with van der Waals surface area (Å²) in [5, 5.41) is 10.5. The molecule has 0 aliphatic rings. The van der Waals surface area contributed by atoms with E-state index in [1.165, 1.54) is 24.3 Å². The summed E-state index contributed by atoms with van der Waals surface area (Å²) in [5.74, 6) is 0.239. The Bertz CT molecular complexity index is 912. The van der Waals surface area contributed by atoms with E-state index in [0.29, 0.717) is 23.6 Å². The van der Waals surface area contributed by atoms with Crippen molar-refractivity contribution < 1.29 is 17.9 Å². The van der Waals surface area contributed by atoms with Gasteiger partial charge in [0.25, 0.3) is 5.91 Å². The zero-order chi connectivity index (χ0) is 19.9. The maximum Gasteiger partial charge on any atom is 0.257 e. The normalized spacial score (nSPS) is 10.9. The molecule has 0 heterocycles. The molecule has 2 rings (SSSR count). The van der Waals surface area contributed by atoms with Gasteiger partial charge in [-0.2, -0.15) is 0 Å². The van der Waals surface area contributed by atoms with Gasteiger partial charge >= 0.3 is 0 Å². The molecule has 0 saturated heterocycles. The first-order valence-electron chi connectivity index (χ1n) is 8.27. The third-order valence-corrected chi connectivity index (χ3v) is 4.66. The number of amides is 1.